The number of piperidine rings is 1. The molecule has 2 rings (SSSR count). The molecule has 0 spiro atoms. The molecule has 4 nitrogen and oxygen atoms in total. The molecular formula is C18H25ClN2O2. The lowest BCUT2D eigenvalue weighted by atomic mass is 9.99. The molecule has 0 unspecified atom stereocenters. The standard InChI is InChI=1S/C18H25ClN2O2/c1-3-13(4-2)17(22)20-14-9-11-21(12-10-14)18(23)15-7-5-6-8-16(15)19/h5-8,13-14H,3-4,9-12H2,1-2H3,(H,20,22). The normalized spacial score (nSPS) is 15.7. The molecular weight excluding hydrogens is 312 g/mol. The maximum Gasteiger partial charge on any atom is 0.255 e. The summed E-state index contributed by atoms with van der Waals surface area (Å²) < 4.78 is 0. The number of carbonyl (C=O) groups is 2. The van der Waals surface area contributed by atoms with Crippen LogP contribution in [-0.2, 0) is 4.79 Å². The summed E-state index contributed by atoms with van der Waals surface area (Å²) >= 11 is 6.10. The van der Waals surface area contributed by atoms with E-state index in [1.165, 1.54) is 0 Å². The lowest BCUT2D eigenvalue weighted by molar-refractivity contribution is -0.126. The van der Waals surface area contributed by atoms with E-state index in [4.69, 9.17) is 11.6 Å². The number of hydrogen-bond acceptors (Lipinski definition) is 2. The Kier molecular flexibility index (Phi) is 6.46. The van der Waals surface area contributed by atoms with Crippen molar-refractivity contribution in [2.45, 2.75) is 45.6 Å². The zero-order valence-corrected chi connectivity index (χ0v) is 14.6. The zero-order valence-electron chi connectivity index (χ0n) is 13.8. The lowest BCUT2D eigenvalue weighted by Gasteiger charge is -2.33. The Bertz CT molecular complexity index is 550. The Morgan fingerprint density at radius 3 is 2.39 bits per heavy atom. The van der Waals surface area contributed by atoms with E-state index in [0.717, 1.165) is 25.7 Å². The van der Waals surface area contributed by atoms with E-state index in [0.29, 0.717) is 23.7 Å². The van der Waals surface area contributed by atoms with E-state index in [2.05, 4.69) is 5.32 Å². The maximum atomic E-state index is 12.5. The summed E-state index contributed by atoms with van der Waals surface area (Å²) in [4.78, 5) is 26.5. The van der Waals surface area contributed by atoms with Crippen molar-refractivity contribution in [1.82, 2.24) is 10.2 Å². The molecule has 0 aromatic heterocycles. The SMILES string of the molecule is CCC(CC)C(=O)NC1CCN(C(=O)c2ccccc2Cl)CC1. The number of carbonyl (C=O) groups excluding carboxylic acids is 2. The predicted octanol–water partition coefficient (Wildman–Crippen LogP) is 3.50. The minimum atomic E-state index is -0.0274. The van der Waals surface area contributed by atoms with E-state index in [1.54, 1.807) is 12.1 Å². The summed E-state index contributed by atoms with van der Waals surface area (Å²) in [5, 5.41) is 3.62. The highest BCUT2D eigenvalue weighted by atomic mass is 35.5. The average Bonchev–Trinajstić information content (AvgIpc) is 2.56. The van der Waals surface area contributed by atoms with Gasteiger partial charge >= 0.3 is 0 Å². The number of benzene rings is 1. The van der Waals surface area contributed by atoms with E-state index in [9.17, 15) is 9.59 Å². The van der Waals surface area contributed by atoms with Gasteiger partial charge in [-0.05, 0) is 37.8 Å². The van der Waals surface area contributed by atoms with Crippen molar-refractivity contribution in [1.29, 1.82) is 0 Å². The van der Waals surface area contributed by atoms with Crippen LogP contribution in [0.5, 0.6) is 0 Å². The first-order chi connectivity index (χ1) is 11.1. The molecule has 0 atom stereocenters. The van der Waals surface area contributed by atoms with Crippen LogP contribution in [0.3, 0.4) is 0 Å². The number of halogens is 1. The third-order valence-electron chi connectivity index (χ3n) is 4.59. The second-order valence-electron chi connectivity index (χ2n) is 6.07. The largest absolute Gasteiger partial charge is 0.353 e. The quantitative estimate of drug-likeness (QED) is 0.894. The smallest absolute Gasteiger partial charge is 0.255 e. The van der Waals surface area contributed by atoms with Crippen molar-refractivity contribution in [3.05, 3.63) is 34.9 Å². The van der Waals surface area contributed by atoms with Crippen LogP contribution >= 0.6 is 11.6 Å². The molecule has 1 aliphatic rings. The molecule has 0 bridgehead atoms. The number of rotatable bonds is 5. The maximum absolute atomic E-state index is 12.5. The molecule has 1 N–H and O–H groups in total. The minimum Gasteiger partial charge on any atom is -0.353 e. The highest BCUT2D eigenvalue weighted by molar-refractivity contribution is 6.33. The zero-order chi connectivity index (χ0) is 16.8. The van der Waals surface area contributed by atoms with Crippen molar-refractivity contribution in [2.75, 3.05) is 13.1 Å². The molecule has 1 aromatic rings. The fourth-order valence-electron chi connectivity index (χ4n) is 3.01. The first-order valence-electron chi connectivity index (χ1n) is 8.41. The fourth-order valence-corrected chi connectivity index (χ4v) is 3.23. The monoisotopic (exact) mass is 336 g/mol. The molecule has 5 heteroatoms. The molecule has 0 radical (unpaired) electrons. The molecule has 1 saturated heterocycles. The Hall–Kier alpha value is -1.55. The first kappa shape index (κ1) is 17.8. The molecule has 1 aromatic carbocycles. The van der Waals surface area contributed by atoms with Crippen LogP contribution in [0.1, 0.15) is 49.9 Å². The summed E-state index contributed by atoms with van der Waals surface area (Å²) in [6.07, 6.45) is 3.32. The van der Waals surface area contributed by atoms with E-state index in [1.807, 2.05) is 30.9 Å². The summed E-state index contributed by atoms with van der Waals surface area (Å²) in [6.45, 7) is 5.38. The highest BCUT2D eigenvalue weighted by Gasteiger charge is 2.26. The van der Waals surface area contributed by atoms with Gasteiger partial charge in [-0.25, -0.2) is 0 Å². The first-order valence-corrected chi connectivity index (χ1v) is 8.78. The van der Waals surface area contributed by atoms with Crippen LogP contribution in [0.15, 0.2) is 24.3 Å². The van der Waals surface area contributed by atoms with Crippen LogP contribution in [-0.4, -0.2) is 35.8 Å². The molecule has 126 valence electrons. The highest BCUT2D eigenvalue weighted by Crippen LogP contribution is 2.20. The summed E-state index contributed by atoms with van der Waals surface area (Å²) in [7, 11) is 0. The van der Waals surface area contributed by atoms with Crippen LogP contribution in [0.4, 0.5) is 0 Å². The van der Waals surface area contributed by atoms with Gasteiger partial charge in [-0.15, -0.1) is 0 Å². The van der Waals surface area contributed by atoms with E-state index < -0.39 is 0 Å². The Labute approximate surface area is 143 Å². The van der Waals surface area contributed by atoms with Gasteiger partial charge in [0.05, 0.1) is 10.6 Å². The van der Waals surface area contributed by atoms with Crippen LogP contribution < -0.4 is 5.32 Å². The number of hydrogen-bond donors (Lipinski definition) is 1. The number of likely N-dealkylation sites (tertiary alicyclic amines) is 1. The van der Waals surface area contributed by atoms with Gasteiger partial charge in [-0.1, -0.05) is 37.6 Å². The van der Waals surface area contributed by atoms with E-state index >= 15 is 0 Å². The Balaban J connectivity index is 1.88. The summed E-state index contributed by atoms with van der Waals surface area (Å²) in [5.74, 6) is 0.212. The van der Waals surface area contributed by atoms with Crippen LogP contribution in [0.2, 0.25) is 5.02 Å². The molecule has 1 aliphatic heterocycles. The fraction of sp³-hybridized carbons (Fsp3) is 0.556. The Morgan fingerprint density at radius 2 is 1.83 bits per heavy atom. The van der Waals surface area contributed by atoms with Gasteiger partial charge in [0, 0.05) is 25.0 Å². The molecule has 23 heavy (non-hydrogen) atoms. The van der Waals surface area contributed by atoms with Crippen molar-refractivity contribution in [3.63, 3.8) is 0 Å². The van der Waals surface area contributed by atoms with Crippen LogP contribution in [0, 0.1) is 5.92 Å². The topological polar surface area (TPSA) is 49.4 Å². The van der Waals surface area contributed by atoms with Gasteiger partial charge in [0.1, 0.15) is 0 Å². The van der Waals surface area contributed by atoms with Crippen molar-refractivity contribution in [3.8, 4) is 0 Å². The van der Waals surface area contributed by atoms with Gasteiger partial charge in [-0.2, -0.15) is 0 Å². The lowest BCUT2D eigenvalue weighted by Crippen LogP contribution is -2.47. The van der Waals surface area contributed by atoms with Gasteiger partial charge < -0.3 is 10.2 Å². The second kappa shape index (κ2) is 8.34. The molecule has 0 aliphatic carbocycles. The van der Waals surface area contributed by atoms with Gasteiger partial charge in [0.2, 0.25) is 5.91 Å². The number of nitrogens with one attached hydrogen (secondary N) is 1. The van der Waals surface area contributed by atoms with Crippen molar-refractivity contribution in [2.24, 2.45) is 5.92 Å². The Morgan fingerprint density at radius 1 is 1.22 bits per heavy atom. The summed E-state index contributed by atoms with van der Waals surface area (Å²) in [5.41, 5.74) is 0.550. The van der Waals surface area contributed by atoms with Crippen LogP contribution in [0.25, 0.3) is 0 Å². The molecule has 1 heterocycles. The number of amides is 2. The van der Waals surface area contributed by atoms with Gasteiger partial charge in [-0.3, -0.25) is 9.59 Å². The third-order valence-corrected chi connectivity index (χ3v) is 4.92. The molecule has 0 saturated carbocycles. The molecule has 2 amide bonds. The summed E-state index contributed by atoms with van der Waals surface area (Å²) in [6, 6.07) is 7.29. The number of nitrogens with zero attached hydrogens (tertiary/aromatic N) is 1. The van der Waals surface area contributed by atoms with Crippen molar-refractivity contribution >= 4 is 23.4 Å². The van der Waals surface area contributed by atoms with Crippen molar-refractivity contribution < 1.29 is 9.59 Å². The van der Waals surface area contributed by atoms with Gasteiger partial charge in [0.15, 0.2) is 0 Å². The van der Waals surface area contributed by atoms with Gasteiger partial charge in [0.25, 0.3) is 5.91 Å². The van der Waals surface area contributed by atoms with E-state index in [-0.39, 0.29) is 23.8 Å². The average molecular weight is 337 g/mol. The second-order valence-corrected chi connectivity index (χ2v) is 6.48. The molecule has 1 fully saturated rings. The minimum absolute atomic E-state index is 0.0274. The third kappa shape index (κ3) is 4.47. The predicted molar refractivity (Wildman–Crippen MR) is 92.6 cm³/mol.